The molecule has 1 nitrogen and oxygen atoms in total. The molecule has 0 fully saturated rings. The van der Waals surface area contributed by atoms with Gasteiger partial charge in [0.25, 0.3) is 0 Å². The topological polar surface area (TPSA) is 9.23 Å². The zero-order chi connectivity index (χ0) is 14.7. The summed E-state index contributed by atoms with van der Waals surface area (Å²) in [6.07, 6.45) is 1.78. The Morgan fingerprint density at radius 3 is 2.42 bits per heavy atom. The Morgan fingerprint density at radius 1 is 1.32 bits per heavy atom. The van der Waals surface area contributed by atoms with Gasteiger partial charge in [0.2, 0.25) is 0 Å². The summed E-state index contributed by atoms with van der Waals surface area (Å²) in [6.45, 7) is 15.2. The van der Waals surface area contributed by atoms with Crippen LogP contribution < -0.4 is 4.74 Å². The van der Waals surface area contributed by atoms with E-state index in [0.29, 0.717) is 6.61 Å². The molecule has 0 bridgehead atoms. The van der Waals surface area contributed by atoms with Crippen molar-refractivity contribution in [1.82, 2.24) is 0 Å². The van der Waals surface area contributed by atoms with Gasteiger partial charge in [0, 0.05) is 0 Å². The molecule has 0 saturated carbocycles. The maximum atomic E-state index is 6.50. The van der Waals surface area contributed by atoms with Gasteiger partial charge in [-0.1, -0.05) is 64.7 Å². The number of ether oxygens (including phenoxy) is 1. The van der Waals surface area contributed by atoms with Crippen molar-refractivity contribution >= 4 is 18.5 Å². The van der Waals surface area contributed by atoms with Crippen LogP contribution in [0.5, 0.6) is 5.75 Å². The largest absolute Gasteiger partial charge is 0.489 e. The van der Waals surface area contributed by atoms with Crippen LogP contribution in [0.2, 0.25) is 13.1 Å². The van der Waals surface area contributed by atoms with Crippen LogP contribution in [0.3, 0.4) is 0 Å². The lowest BCUT2D eigenvalue weighted by molar-refractivity contribution is 0.348. The van der Waals surface area contributed by atoms with Gasteiger partial charge in [-0.15, -0.1) is 0 Å². The van der Waals surface area contributed by atoms with Crippen LogP contribution in [0.15, 0.2) is 30.9 Å². The fraction of sp³-hybridized carbons (Fsp3) is 0.500. The van der Waals surface area contributed by atoms with Crippen molar-refractivity contribution < 1.29 is 4.74 Å². The summed E-state index contributed by atoms with van der Waals surface area (Å²) in [5.41, 5.74) is 2.52. The molecule has 0 heterocycles. The van der Waals surface area contributed by atoms with Gasteiger partial charge in [0.15, 0.2) is 7.38 Å². The van der Waals surface area contributed by atoms with E-state index in [4.69, 9.17) is 15.8 Å². The van der Waals surface area contributed by atoms with E-state index < -0.39 is 7.38 Å². The van der Waals surface area contributed by atoms with Crippen LogP contribution >= 0.6 is 11.1 Å². The normalized spacial score (nSPS) is 12.3. The molecule has 0 radical (unpaired) electrons. The second kappa shape index (κ2) is 6.15. The van der Waals surface area contributed by atoms with Gasteiger partial charge < -0.3 is 4.74 Å². The second-order valence-electron chi connectivity index (χ2n) is 6.54. The van der Waals surface area contributed by atoms with Gasteiger partial charge >= 0.3 is 0 Å². The van der Waals surface area contributed by atoms with Crippen molar-refractivity contribution in [3.05, 3.63) is 42.0 Å². The molecule has 0 amide bonds. The lowest BCUT2D eigenvalue weighted by atomic mass is 9.85. The predicted octanol–water partition coefficient (Wildman–Crippen LogP) is 5.07. The molecule has 0 saturated heterocycles. The Kier molecular flexibility index (Phi) is 5.28. The first kappa shape index (κ1) is 16.3. The minimum absolute atomic E-state index is 0.0600. The molecule has 106 valence electrons. The first-order chi connectivity index (χ1) is 8.65. The zero-order valence-electron chi connectivity index (χ0n) is 12.7. The van der Waals surface area contributed by atoms with Crippen LogP contribution in [0.25, 0.3) is 0 Å². The van der Waals surface area contributed by atoms with Crippen LogP contribution in [-0.2, 0) is 11.5 Å². The van der Waals surface area contributed by atoms with Crippen LogP contribution in [0.1, 0.15) is 31.9 Å². The molecule has 1 rings (SSSR count). The quantitative estimate of drug-likeness (QED) is 0.418. The van der Waals surface area contributed by atoms with E-state index in [0.717, 1.165) is 11.8 Å². The summed E-state index contributed by atoms with van der Waals surface area (Å²) in [5.74, 6) is 0.996. The monoisotopic (exact) mass is 296 g/mol. The average Bonchev–Trinajstić information content (AvgIpc) is 2.23. The fourth-order valence-corrected chi connectivity index (χ4v) is 3.70. The highest BCUT2D eigenvalue weighted by atomic mass is 35.6. The molecule has 0 N–H and O–H groups in total. The Labute approximate surface area is 123 Å². The summed E-state index contributed by atoms with van der Waals surface area (Å²) < 4.78 is 5.94. The number of rotatable bonds is 5. The van der Waals surface area contributed by atoms with E-state index >= 15 is 0 Å². The maximum absolute atomic E-state index is 6.50. The molecule has 0 aliphatic heterocycles. The van der Waals surface area contributed by atoms with Gasteiger partial charge in [-0.25, -0.2) is 0 Å². The van der Waals surface area contributed by atoms with Gasteiger partial charge in [-0.05, 0) is 22.6 Å². The van der Waals surface area contributed by atoms with Gasteiger partial charge in [0.1, 0.15) is 12.4 Å². The van der Waals surface area contributed by atoms with E-state index in [-0.39, 0.29) is 5.41 Å². The highest BCUT2D eigenvalue weighted by Gasteiger charge is 2.25. The molecule has 0 aliphatic carbocycles. The summed E-state index contributed by atoms with van der Waals surface area (Å²) >= 11 is 6.50. The number of hydrogen-bond donors (Lipinski definition) is 0. The molecule has 19 heavy (non-hydrogen) atoms. The van der Waals surface area contributed by atoms with Crippen molar-refractivity contribution in [3.8, 4) is 5.75 Å². The Bertz CT molecular complexity index is 441. The van der Waals surface area contributed by atoms with E-state index in [2.05, 4.69) is 58.6 Å². The van der Waals surface area contributed by atoms with E-state index in [1.54, 1.807) is 6.08 Å². The molecular formula is C16H25ClOSi. The molecule has 0 unspecified atom stereocenters. The average molecular weight is 297 g/mol. The third kappa shape index (κ3) is 5.04. The molecule has 0 spiro atoms. The fourth-order valence-electron chi connectivity index (χ4n) is 2.08. The molecule has 1 aromatic rings. The summed E-state index contributed by atoms with van der Waals surface area (Å²) in [7, 11) is -1.68. The smallest absolute Gasteiger partial charge is 0.154 e. The van der Waals surface area contributed by atoms with Crippen molar-refractivity contribution in [2.75, 3.05) is 6.61 Å². The van der Waals surface area contributed by atoms with Crippen LogP contribution in [-0.4, -0.2) is 14.0 Å². The van der Waals surface area contributed by atoms with Crippen molar-refractivity contribution in [2.45, 2.75) is 45.3 Å². The van der Waals surface area contributed by atoms with Gasteiger partial charge in [0.05, 0.1) is 0 Å². The summed E-state index contributed by atoms with van der Waals surface area (Å²) in [5, 5.41) is 0. The Hall–Kier alpha value is -0.733. The summed E-state index contributed by atoms with van der Waals surface area (Å²) in [6, 6.07) is 7.30. The predicted molar refractivity (Wildman–Crippen MR) is 87.9 cm³/mol. The lowest BCUT2D eigenvalue weighted by Crippen LogP contribution is -2.23. The van der Waals surface area contributed by atoms with Crippen LogP contribution in [0.4, 0.5) is 0 Å². The molecule has 0 aliphatic rings. The summed E-state index contributed by atoms with van der Waals surface area (Å²) in [4.78, 5) is 0. The minimum Gasteiger partial charge on any atom is -0.489 e. The zero-order valence-corrected chi connectivity index (χ0v) is 14.5. The highest BCUT2D eigenvalue weighted by Crippen LogP contribution is 2.35. The van der Waals surface area contributed by atoms with Gasteiger partial charge in [-0.3, -0.25) is 0 Å². The highest BCUT2D eigenvalue weighted by molar-refractivity contribution is 7.18. The first-order valence-corrected chi connectivity index (χ1v) is 10.9. The van der Waals surface area contributed by atoms with E-state index in [9.17, 15) is 0 Å². The van der Waals surface area contributed by atoms with Crippen molar-refractivity contribution in [2.24, 2.45) is 0 Å². The Morgan fingerprint density at radius 2 is 1.95 bits per heavy atom. The number of hydrogen-bond acceptors (Lipinski definition) is 1. The molecule has 1 aromatic carbocycles. The Balaban J connectivity index is 3.26. The number of benzene rings is 1. The van der Waals surface area contributed by atoms with Crippen LogP contribution in [0, 0.1) is 0 Å². The van der Waals surface area contributed by atoms with E-state index in [1.807, 2.05) is 0 Å². The third-order valence-corrected chi connectivity index (χ3v) is 4.48. The van der Waals surface area contributed by atoms with E-state index in [1.165, 1.54) is 11.1 Å². The van der Waals surface area contributed by atoms with Gasteiger partial charge in [-0.2, -0.15) is 11.1 Å². The lowest BCUT2D eigenvalue weighted by Gasteiger charge is -2.26. The standard InChI is InChI=1S/C16H25ClOSi/c1-7-11-18-15-13(12-19(5,6)17)9-8-10-14(15)16(2,3)4/h7-10H,1,11-12H2,2-6H3. The van der Waals surface area contributed by atoms with Crippen molar-refractivity contribution in [1.29, 1.82) is 0 Å². The van der Waals surface area contributed by atoms with Crippen molar-refractivity contribution in [3.63, 3.8) is 0 Å². The maximum Gasteiger partial charge on any atom is 0.154 e. The first-order valence-electron chi connectivity index (χ1n) is 6.70. The second-order valence-corrected chi connectivity index (χ2v) is 13.4. The third-order valence-electron chi connectivity index (χ3n) is 2.86. The molecule has 0 atom stereocenters. The number of halogens is 1. The number of para-hydroxylation sites is 1. The molecule has 0 aromatic heterocycles. The molecular weight excluding hydrogens is 272 g/mol. The molecule has 3 heteroatoms. The minimum atomic E-state index is -1.68. The SMILES string of the molecule is C=CCOc1c(C[Si](C)(C)Cl)cccc1C(C)(C)C.